The molecule has 2 heterocycles. The second-order valence-electron chi connectivity index (χ2n) is 6.98. The van der Waals surface area contributed by atoms with Crippen LogP contribution in [0.25, 0.3) is 5.78 Å². The summed E-state index contributed by atoms with van der Waals surface area (Å²) in [6.45, 7) is 2.52. The lowest BCUT2D eigenvalue weighted by atomic mass is 10.2. The summed E-state index contributed by atoms with van der Waals surface area (Å²) in [5.41, 5.74) is 2.42. The fourth-order valence-electron chi connectivity index (χ4n) is 3.17. The van der Waals surface area contributed by atoms with E-state index in [2.05, 4.69) is 22.0 Å². The molecule has 0 spiro atoms. The topological polar surface area (TPSA) is 75.5 Å². The van der Waals surface area contributed by atoms with Crippen LogP contribution in [0, 0.1) is 0 Å². The number of ether oxygens (including phenoxy) is 1. The summed E-state index contributed by atoms with van der Waals surface area (Å²) in [5, 5.41) is 4.83. The molecule has 0 amide bonds. The number of fused-ring (bicyclic) bond motifs is 1. The Morgan fingerprint density at radius 1 is 1.17 bits per heavy atom. The van der Waals surface area contributed by atoms with Crippen molar-refractivity contribution in [1.29, 1.82) is 0 Å². The molecule has 0 fully saturated rings. The highest BCUT2D eigenvalue weighted by Gasteiger charge is 2.16. The van der Waals surface area contributed by atoms with Gasteiger partial charge >= 0.3 is 0 Å². The zero-order valence-corrected chi connectivity index (χ0v) is 17.6. The van der Waals surface area contributed by atoms with Crippen LogP contribution in [-0.2, 0) is 13.0 Å². The van der Waals surface area contributed by atoms with Gasteiger partial charge in [-0.15, -0.1) is 5.10 Å². The highest BCUT2D eigenvalue weighted by Crippen LogP contribution is 2.32. The molecule has 7 nitrogen and oxygen atoms in total. The molecule has 154 valence electrons. The van der Waals surface area contributed by atoms with Crippen LogP contribution in [0.3, 0.4) is 0 Å². The van der Waals surface area contributed by atoms with Crippen molar-refractivity contribution in [3.05, 3.63) is 81.2 Å². The number of hydrogen-bond acceptors (Lipinski definition) is 5. The van der Waals surface area contributed by atoms with Gasteiger partial charge in [0.2, 0.25) is 5.78 Å². The standard InChI is InChI=1S/C22H22ClN5O2/c1-3-7-16-12-20(29)28-21(24-16)25-22(26-28)27(2)19-11-10-17(13-18(19)23)30-14-15-8-5-4-6-9-15/h4-6,8-13H,3,7,14H2,1-2H3,(H,24,25,26). The fourth-order valence-corrected chi connectivity index (χ4v) is 3.47. The first-order valence-electron chi connectivity index (χ1n) is 9.74. The van der Waals surface area contributed by atoms with E-state index in [4.69, 9.17) is 16.3 Å². The molecule has 0 radical (unpaired) electrons. The third-order valence-corrected chi connectivity index (χ3v) is 5.03. The van der Waals surface area contributed by atoms with Gasteiger partial charge in [-0.2, -0.15) is 9.50 Å². The maximum absolute atomic E-state index is 12.3. The number of H-pyrrole nitrogens is 1. The zero-order chi connectivity index (χ0) is 21.1. The Morgan fingerprint density at radius 2 is 1.97 bits per heavy atom. The molecule has 2 aromatic heterocycles. The molecular weight excluding hydrogens is 402 g/mol. The van der Waals surface area contributed by atoms with Gasteiger partial charge in [0.25, 0.3) is 11.5 Å². The average Bonchev–Trinajstić information content (AvgIpc) is 3.18. The number of nitrogens with zero attached hydrogens (tertiary/aromatic N) is 4. The Morgan fingerprint density at radius 3 is 2.70 bits per heavy atom. The minimum Gasteiger partial charge on any atom is -0.489 e. The number of halogens is 1. The van der Waals surface area contributed by atoms with Crippen LogP contribution >= 0.6 is 11.6 Å². The fraction of sp³-hybridized carbons (Fsp3) is 0.227. The van der Waals surface area contributed by atoms with E-state index in [9.17, 15) is 4.79 Å². The van der Waals surface area contributed by atoms with Gasteiger partial charge in [-0.05, 0) is 24.1 Å². The number of anilines is 2. The van der Waals surface area contributed by atoms with Gasteiger partial charge in [0.15, 0.2) is 0 Å². The maximum atomic E-state index is 12.3. The molecule has 30 heavy (non-hydrogen) atoms. The quantitative estimate of drug-likeness (QED) is 0.477. The number of aromatic amines is 1. The second kappa shape index (κ2) is 8.59. The molecule has 8 heteroatoms. The summed E-state index contributed by atoms with van der Waals surface area (Å²) in [5.74, 6) is 1.45. The van der Waals surface area contributed by atoms with Crippen molar-refractivity contribution in [2.75, 3.05) is 11.9 Å². The average molecular weight is 424 g/mol. The summed E-state index contributed by atoms with van der Waals surface area (Å²) in [4.78, 5) is 21.7. The van der Waals surface area contributed by atoms with Crippen molar-refractivity contribution in [2.24, 2.45) is 0 Å². The van der Waals surface area contributed by atoms with Crippen molar-refractivity contribution in [3.63, 3.8) is 0 Å². The highest BCUT2D eigenvalue weighted by molar-refractivity contribution is 6.33. The van der Waals surface area contributed by atoms with Crippen molar-refractivity contribution in [3.8, 4) is 5.75 Å². The number of benzene rings is 2. The van der Waals surface area contributed by atoms with Crippen molar-refractivity contribution < 1.29 is 4.74 Å². The lowest BCUT2D eigenvalue weighted by Gasteiger charge is -2.17. The summed E-state index contributed by atoms with van der Waals surface area (Å²) >= 11 is 6.50. The Balaban J connectivity index is 1.56. The molecule has 0 atom stereocenters. The molecule has 0 unspecified atom stereocenters. The molecule has 0 bridgehead atoms. The normalized spacial score (nSPS) is 11.0. The van der Waals surface area contributed by atoms with Gasteiger partial charge in [0.1, 0.15) is 12.4 Å². The first kappa shape index (κ1) is 20.0. The predicted molar refractivity (Wildman–Crippen MR) is 118 cm³/mol. The van der Waals surface area contributed by atoms with Crippen LogP contribution in [0.2, 0.25) is 5.02 Å². The molecule has 2 aromatic carbocycles. The van der Waals surface area contributed by atoms with Crippen LogP contribution in [0.15, 0.2) is 59.4 Å². The third-order valence-electron chi connectivity index (χ3n) is 4.72. The van der Waals surface area contributed by atoms with Crippen LogP contribution < -0.4 is 15.2 Å². The Labute approximate surface area is 178 Å². The summed E-state index contributed by atoms with van der Waals surface area (Å²) in [7, 11) is 1.80. The second-order valence-corrected chi connectivity index (χ2v) is 7.38. The van der Waals surface area contributed by atoms with Gasteiger partial charge in [-0.1, -0.05) is 55.3 Å². The molecular formula is C22H22ClN5O2. The number of aromatic nitrogens is 4. The number of rotatable bonds is 7. The molecule has 4 rings (SSSR count). The summed E-state index contributed by atoms with van der Waals surface area (Å²) in [6, 6.07) is 16.9. The SMILES string of the molecule is CCCc1cc(=O)n2nc(N(C)c3ccc(OCc4ccccc4)cc3Cl)nc2[nH]1. The van der Waals surface area contributed by atoms with E-state index >= 15 is 0 Å². The predicted octanol–water partition coefficient (Wildman–Crippen LogP) is 4.37. The summed E-state index contributed by atoms with van der Waals surface area (Å²) < 4.78 is 7.09. The molecule has 1 N–H and O–H groups in total. The first-order valence-corrected chi connectivity index (χ1v) is 10.1. The smallest absolute Gasteiger partial charge is 0.275 e. The van der Waals surface area contributed by atoms with E-state index in [0.29, 0.717) is 34.8 Å². The Hall–Kier alpha value is -3.32. The number of hydrogen-bond donors (Lipinski definition) is 1. The van der Waals surface area contributed by atoms with Crippen molar-refractivity contribution in [2.45, 2.75) is 26.4 Å². The van der Waals surface area contributed by atoms with Gasteiger partial charge in [0.05, 0.1) is 10.7 Å². The van der Waals surface area contributed by atoms with Crippen molar-refractivity contribution in [1.82, 2.24) is 19.6 Å². The van der Waals surface area contributed by atoms with Crippen LogP contribution in [-0.4, -0.2) is 26.6 Å². The first-order chi connectivity index (χ1) is 14.5. The minimum absolute atomic E-state index is 0.213. The van der Waals surface area contributed by atoms with Crippen LogP contribution in [0.5, 0.6) is 5.75 Å². The van der Waals surface area contributed by atoms with E-state index in [1.54, 1.807) is 24.1 Å². The highest BCUT2D eigenvalue weighted by atomic mass is 35.5. The maximum Gasteiger partial charge on any atom is 0.275 e. The van der Waals surface area contributed by atoms with Gasteiger partial charge in [0, 0.05) is 24.9 Å². The minimum atomic E-state index is -0.213. The zero-order valence-electron chi connectivity index (χ0n) is 16.8. The van der Waals surface area contributed by atoms with Crippen molar-refractivity contribution >= 4 is 29.0 Å². The molecule has 0 saturated heterocycles. The molecule has 0 saturated carbocycles. The van der Waals surface area contributed by atoms with E-state index in [1.807, 2.05) is 42.5 Å². The molecule has 0 aliphatic carbocycles. The summed E-state index contributed by atoms with van der Waals surface area (Å²) in [6.07, 6.45) is 1.71. The Kier molecular flexibility index (Phi) is 5.72. The van der Waals surface area contributed by atoms with E-state index in [-0.39, 0.29) is 5.56 Å². The number of nitrogens with one attached hydrogen (secondary N) is 1. The monoisotopic (exact) mass is 423 g/mol. The third kappa shape index (κ3) is 4.16. The van der Waals surface area contributed by atoms with Crippen LogP contribution in [0.4, 0.5) is 11.6 Å². The van der Waals surface area contributed by atoms with E-state index < -0.39 is 0 Å². The number of aryl methyl sites for hydroxylation is 1. The van der Waals surface area contributed by atoms with Gasteiger partial charge in [-0.3, -0.25) is 4.79 Å². The largest absolute Gasteiger partial charge is 0.489 e. The molecule has 4 aromatic rings. The lowest BCUT2D eigenvalue weighted by Crippen LogP contribution is -2.16. The van der Waals surface area contributed by atoms with E-state index in [0.717, 1.165) is 24.1 Å². The van der Waals surface area contributed by atoms with Crippen LogP contribution in [0.1, 0.15) is 24.6 Å². The lowest BCUT2D eigenvalue weighted by molar-refractivity contribution is 0.306. The van der Waals surface area contributed by atoms with Gasteiger partial charge in [-0.25, -0.2) is 0 Å². The Bertz CT molecular complexity index is 1220. The van der Waals surface area contributed by atoms with Gasteiger partial charge < -0.3 is 14.6 Å². The molecule has 0 aliphatic heterocycles. The van der Waals surface area contributed by atoms with E-state index in [1.165, 1.54) is 4.52 Å². The molecule has 0 aliphatic rings.